The number of nitrogens with zero attached hydrogens (tertiary/aromatic N) is 4. The van der Waals surface area contributed by atoms with Crippen molar-refractivity contribution in [3.05, 3.63) is 52.9 Å². The van der Waals surface area contributed by atoms with Gasteiger partial charge in [-0.3, -0.25) is 10.1 Å². The number of anilines is 1. The molecule has 1 aromatic carbocycles. The lowest BCUT2D eigenvalue weighted by molar-refractivity contribution is -0.112. The molecule has 0 aliphatic carbocycles. The van der Waals surface area contributed by atoms with E-state index in [-0.39, 0.29) is 5.57 Å². The third-order valence-corrected chi connectivity index (χ3v) is 5.57. The first-order valence-corrected chi connectivity index (χ1v) is 10.6. The predicted molar refractivity (Wildman–Crippen MR) is 116 cm³/mol. The van der Waals surface area contributed by atoms with Crippen LogP contribution in [-0.4, -0.2) is 33.2 Å². The number of methoxy groups -OCH3 is 1. The van der Waals surface area contributed by atoms with Gasteiger partial charge in [0.2, 0.25) is 10.3 Å². The third kappa shape index (κ3) is 4.34. The van der Waals surface area contributed by atoms with Crippen LogP contribution in [-0.2, 0) is 4.79 Å². The van der Waals surface area contributed by atoms with Crippen LogP contribution in [0.1, 0.15) is 17.0 Å². The van der Waals surface area contributed by atoms with Crippen molar-refractivity contribution in [2.45, 2.75) is 19.0 Å². The predicted octanol–water partition coefficient (Wildman–Crippen LogP) is 4.22. The van der Waals surface area contributed by atoms with E-state index in [1.165, 1.54) is 11.8 Å². The fraction of sp³-hybridized carbons (Fsp3) is 0.200. The minimum atomic E-state index is -0.515. The zero-order chi connectivity index (χ0) is 21.0. The molecule has 3 aromatic rings. The van der Waals surface area contributed by atoms with Crippen molar-refractivity contribution in [2.24, 2.45) is 0 Å². The highest BCUT2D eigenvalue weighted by Gasteiger charge is 2.16. The Kier molecular flexibility index (Phi) is 6.36. The molecular formula is C20H19N5O2S2. The van der Waals surface area contributed by atoms with Gasteiger partial charge in [0.1, 0.15) is 17.4 Å². The van der Waals surface area contributed by atoms with Crippen LogP contribution < -0.4 is 10.1 Å². The van der Waals surface area contributed by atoms with E-state index in [0.717, 1.165) is 39.9 Å². The number of nitrogens with one attached hydrogen (secondary N) is 1. The van der Waals surface area contributed by atoms with E-state index in [2.05, 4.69) is 14.7 Å². The second-order valence-electron chi connectivity index (χ2n) is 6.04. The Balaban J connectivity index is 1.94. The molecule has 0 aliphatic heterocycles. The van der Waals surface area contributed by atoms with Crippen LogP contribution >= 0.6 is 23.3 Å². The van der Waals surface area contributed by atoms with Crippen molar-refractivity contribution in [2.75, 3.05) is 18.7 Å². The summed E-state index contributed by atoms with van der Waals surface area (Å²) in [5.41, 5.74) is 3.53. The first kappa shape index (κ1) is 20.6. The largest absolute Gasteiger partial charge is 0.495 e. The molecule has 148 valence electrons. The van der Waals surface area contributed by atoms with Gasteiger partial charge in [-0.25, -0.2) is 0 Å². The number of carbonyl (C=O) groups is 1. The highest BCUT2D eigenvalue weighted by atomic mass is 32.2. The number of nitriles is 1. The molecule has 0 radical (unpaired) electrons. The Bertz CT molecular complexity index is 1120. The second kappa shape index (κ2) is 8.94. The van der Waals surface area contributed by atoms with Crippen molar-refractivity contribution in [3.63, 3.8) is 0 Å². The maximum Gasteiger partial charge on any atom is 0.268 e. The topological polar surface area (TPSA) is 92.8 Å². The lowest BCUT2D eigenvalue weighted by Gasteiger charge is -2.13. The van der Waals surface area contributed by atoms with Crippen LogP contribution in [0.15, 0.2) is 41.1 Å². The smallest absolute Gasteiger partial charge is 0.268 e. The molecule has 0 saturated heterocycles. The van der Waals surface area contributed by atoms with Crippen LogP contribution in [0.2, 0.25) is 0 Å². The number of para-hydroxylation sites is 2. The molecule has 29 heavy (non-hydrogen) atoms. The molecule has 3 rings (SSSR count). The molecule has 0 bridgehead atoms. The van der Waals surface area contributed by atoms with Gasteiger partial charge in [-0.1, -0.05) is 23.9 Å². The van der Waals surface area contributed by atoms with Gasteiger partial charge >= 0.3 is 0 Å². The zero-order valence-electron chi connectivity index (χ0n) is 16.4. The summed E-state index contributed by atoms with van der Waals surface area (Å²) in [4.78, 5) is 16.7. The zero-order valence-corrected chi connectivity index (χ0v) is 18.0. The number of benzene rings is 1. The van der Waals surface area contributed by atoms with Crippen LogP contribution in [0.4, 0.5) is 5.13 Å². The van der Waals surface area contributed by atoms with Crippen molar-refractivity contribution in [1.29, 1.82) is 5.26 Å². The maximum atomic E-state index is 12.5. The first-order chi connectivity index (χ1) is 14.0. The minimum absolute atomic E-state index is 0.00817. The molecule has 1 amide bonds. The Morgan fingerprint density at radius 2 is 2.14 bits per heavy atom. The third-order valence-electron chi connectivity index (χ3n) is 4.27. The molecule has 0 aliphatic rings. The van der Waals surface area contributed by atoms with E-state index in [9.17, 15) is 10.1 Å². The number of aromatic nitrogens is 3. The van der Waals surface area contributed by atoms with Gasteiger partial charge in [-0.05, 0) is 49.9 Å². The monoisotopic (exact) mass is 425 g/mol. The average molecular weight is 426 g/mol. The molecule has 0 saturated carbocycles. The molecule has 2 aromatic heterocycles. The lowest BCUT2D eigenvalue weighted by atomic mass is 10.1. The van der Waals surface area contributed by atoms with Crippen molar-refractivity contribution in [3.8, 4) is 17.5 Å². The number of hydrogen-bond donors (Lipinski definition) is 1. The summed E-state index contributed by atoms with van der Waals surface area (Å²) in [6, 6.07) is 11.6. The summed E-state index contributed by atoms with van der Waals surface area (Å²) in [6.07, 6.45) is 3.44. The van der Waals surface area contributed by atoms with E-state index < -0.39 is 5.91 Å². The Morgan fingerprint density at radius 1 is 1.38 bits per heavy atom. The molecule has 0 spiro atoms. The Morgan fingerprint density at radius 3 is 2.79 bits per heavy atom. The number of ether oxygens (including phenoxy) is 1. The van der Waals surface area contributed by atoms with Gasteiger partial charge in [0.05, 0.1) is 12.8 Å². The van der Waals surface area contributed by atoms with Gasteiger partial charge in [0, 0.05) is 22.9 Å². The second-order valence-corrected chi connectivity index (χ2v) is 7.57. The summed E-state index contributed by atoms with van der Waals surface area (Å²) in [7, 11) is 1.63. The molecule has 0 fully saturated rings. The fourth-order valence-electron chi connectivity index (χ4n) is 2.93. The number of rotatable bonds is 6. The van der Waals surface area contributed by atoms with Gasteiger partial charge in [0.15, 0.2) is 0 Å². The van der Waals surface area contributed by atoms with Gasteiger partial charge in [0.25, 0.3) is 5.91 Å². The molecule has 2 heterocycles. The Labute approximate surface area is 177 Å². The lowest BCUT2D eigenvalue weighted by Crippen LogP contribution is -2.13. The van der Waals surface area contributed by atoms with E-state index in [1.54, 1.807) is 13.2 Å². The first-order valence-electron chi connectivity index (χ1n) is 8.61. The van der Waals surface area contributed by atoms with E-state index >= 15 is 0 Å². The van der Waals surface area contributed by atoms with E-state index in [1.807, 2.05) is 61.1 Å². The Hall–Kier alpha value is -3.09. The fourth-order valence-corrected chi connectivity index (χ4v) is 4.05. The van der Waals surface area contributed by atoms with Gasteiger partial charge in [-0.15, -0.1) is 0 Å². The average Bonchev–Trinajstić information content (AvgIpc) is 3.29. The van der Waals surface area contributed by atoms with E-state index in [0.29, 0.717) is 10.3 Å². The molecule has 0 atom stereocenters. The quantitative estimate of drug-likeness (QED) is 0.361. The SMILES string of the molecule is COc1ccccc1-n1c(C)cc(C=C(C#N)C(=O)Nc2nc(SC)ns2)c1C. The van der Waals surface area contributed by atoms with Crippen LogP contribution in [0.25, 0.3) is 11.8 Å². The molecular weight excluding hydrogens is 406 g/mol. The van der Waals surface area contributed by atoms with Gasteiger partial charge < -0.3 is 9.30 Å². The summed E-state index contributed by atoms with van der Waals surface area (Å²) < 4.78 is 11.6. The van der Waals surface area contributed by atoms with Gasteiger partial charge in [-0.2, -0.15) is 14.6 Å². The standard InChI is InChI=1S/C20H19N5O2S2/c1-12-9-14(13(2)25(12)16-7-5-6-8-17(16)27-3)10-15(11-21)18(26)22-19-23-20(28-4)24-29-19/h5-10H,1-4H3,(H,22,23,24,26). The van der Waals surface area contributed by atoms with Crippen molar-refractivity contribution < 1.29 is 9.53 Å². The van der Waals surface area contributed by atoms with Crippen molar-refractivity contribution in [1.82, 2.24) is 13.9 Å². The molecule has 7 nitrogen and oxygen atoms in total. The van der Waals surface area contributed by atoms with Crippen LogP contribution in [0, 0.1) is 25.2 Å². The molecule has 1 N–H and O–H groups in total. The number of amides is 1. The van der Waals surface area contributed by atoms with Crippen LogP contribution in [0.3, 0.4) is 0 Å². The van der Waals surface area contributed by atoms with Crippen LogP contribution in [0.5, 0.6) is 5.75 Å². The highest BCUT2D eigenvalue weighted by Crippen LogP contribution is 2.29. The number of carbonyl (C=O) groups excluding carboxylic acids is 1. The summed E-state index contributed by atoms with van der Waals surface area (Å²) in [5.74, 6) is 0.224. The summed E-state index contributed by atoms with van der Waals surface area (Å²) in [5, 5.41) is 13.1. The normalized spacial score (nSPS) is 11.2. The summed E-state index contributed by atoms with van der Waals surface area (Å²) >= 11 is 2.46. The molecule has 0 unspecified atom stereocenters. The van der Waals surface area contributed by atoms with Crippen molar-refractivity contribution >= 4 is 40.4 Å². The highest BCUT2D eigenvalue weighted by molar-refractivity contribution is 7.98. The van der Waals surface area contributed by atoms with E-state index in [4.69, 9.17) is 4.74 Å². The summed E-state index contributed by atoms with van der Waals surface area (Å²) in [6.45, 7) is 3.90. The number of hydrogen-bond acceptors (Lipinski definition) is 7. The number of thioether (sulfide) groups is 1. The maximum absolute atomic E-state index is 12.5. The minimum Gasteiger partial charge on any atom is -0.495 e. The number of aryl methyl sites for hydroxylation is 1. The molecule has 9 heteroatoms.